The van der Waals surface area contributed by atoms with Crippen LogP contribution in [0.3, 0.4) is 0 Å². The van der Waals surface area contributed by atoms with E-state index in [-0.39, 0.29) is 33.3 Å². The molecular weight excluding hydrogens is 551 g/mol. The van der Waals surface area contributed by atoms with E-state index in [1.54, 1.807) is 0 Å². The molecule has 1 heteroatoms. The molecule has 0 unspecified atom stereocenters. The van der Waals surface area contributed by atoms with E-state index in [0.717, 1.165) is 0 Å². The van der Waals surface area contributed by atoms with E-state index in [1.165, 1.54) is 21.5 Å². The van der Waals surface area contributed by atoms with Crippen LogP contribution in [0, 0.1) is 19.6 Å². The van der Waals surface area contributed by atoms with Crippen molar-refractivity contribution in [2.24, 2.45) is 0 Å². The fraction of sp³-hybridized carbons (Fsp3) is 0. The minimum atomic E-state index is 0. The maximum atomic E-state index is 2.89. The predicted molar refractivity (Wildman–Crippen MR) is 136 cm³/mol. The molecule has 0 radical (unpaired) electrons. The first-order valence-electron chi connectivity index (χ1n) is 9.96. The van der Waals surface area contributed by atoms with Crippen LogP contribution in [0.1, 0.15) is 0 Å². The van der Waals surface area contributed by atoms with E-state index < -0.39 is 0 Å². The maximum Gasteiger partial charge on any atom is 0 e. The Morgan fingerprint density at radius 2 is 0.812 bits per heavy atom. The minimum absolute atomic E-state index is 0. The summed E-state index contributed by atoms with van der Waals surface area (Å²) in [4.78, 5) is 0. The molecule has 0 heterocycles. The Kier molecular flexibility index (Phi) is 14.0. The summed E-state index contributed by atoms with van der Waals surface area (Å²) in [7, 11) is 0. The monoisotopic (exact) mass is 579 g/mol. The summed E-state index contributed by atoms with van der Waals surface area (Å²) in [6, 6.07) is 54.3. The first-order valence-corrected chi connectivity index (χ1v) is 9.96. The molecule has 0 aliphatic heterocycles. The second kappa shape index (κ2) is 16.6. The molecule has 0 fully saturated rings. The molecule has 6 rings (SSSR count). The molecular formula is C31H27Hf-5. The van der Waals surface area contributed by atoms with Crippen molar-refractivity contribution >= 4 is 21.5 Å². The molecule has 32 heavy (non-hydrogen) atoms. The van der Waals surface area contributed by atoms with Gasteiger partial charge in [0.1, 0.15) is 0 Å². The average Bonchev–Trinajstić information content (AvgIpc) is 3.52. The van der Waals surface area contributed by atoms with Crippen molar-refractivity contribution < 1.29 is 25.8 Å². The van der Waals surface area contributed by atoms with Gasteiger partial charge in [0.2, 0.25) is 0 Å². The van der Waals surface area contributed by atoms with E-state index >= 15 is 0 Å². The molecule has 0 N–H and O–H groups in total. The zero-order valence-corrected chi connectivity index (χ0v) is 21.9. The first-order chi connectivity index (χ1) is 14.9. The topological polar surface area (TPSA) is 0 Å². The van der Waals surface area contributed by atoms with Crippen LogP contribution in [0.25, 0.3) is 21.5 Å². The third kappa shape index (κ3) is 9.85. The minimum Gasteiger partial charge on any atom is -0.358 e. The number of hydrogen-bond acceptors (Lipinski definition) is 0. The van der Waals surface area contributed by atoms with Crippen LogP contribution in [0.4, 0.5) is 0 Å². The van der Waals surface area contributed by atoms with Crippen molar-refractivity contribution in [1.82, 2.24) is 0 Å². The van der Waals surface area contributed by atoms with Gasteiger partial charge in [0.25, 0.3) is 0 Å². The van der Waals surface area contributed by atoms with Crippen LogP contribution in [0.15, 0.2) is 146 Å². The second-order valence-electron chi connectivity index (χ2n) is 6.46. The van der Waals surface area contributed by atoms with E-state index in [0.29, 0.717) is 0 Å². The van der Waals surface area contributed by atoms with Crippen molar-refractivity contribution in [3.8, 4) is 0 Å². The van der Waals surface area contributed by atoms with E-state index in [1.807, 2.05) is 60.7 Å². The molecule has 0 saturated carbocycles. The van der Waals surface area contributed by atoms with Crippen LogP contribution < -0.4 is 0 Å². The van der Waals surface area contributed by atoms with Gasteiger partial charge in [0.05, 0.1) is 0 Å². The maximum absolute atomic E-state index is 2.89. The molecule has 0 amide bonds. The number of fused-ring (bicyclic) bond motifs is 2. The van der Waals surface area contributed by atoms with Crippen molar-refractivity contribution in [2.45, 2.75) is 0 Å². The quantitative estimate of drug-likeness (QED) is 0.125. The van der Waals surface area contributed by atoms with E-state index in [2.05, 4.69) is 97.1 Å². The van der Waals surface area contributed by atoms with Crippen molar-refractivity contribution in [3.05, 3.63) is 165 Å². The first kappa shape index (κ1) is 27.0. The number of rotatable bonds is 0. The summed E-state index contributed by atoms with van der Waals surface area (Å²) in [6.07, 6.45) is 0. The van der Waals surface area contributed by atoms with Gasteiger partial charge < -0.3 is 7.43 Å². The van der Waals surface area contributed by atoms with Crippen LogP contribution in [0.5, 0.6) is 0 Å². The van der Waals surface area contributed by atoms with Gasteiger partial charge in [-0.15, -0.1) is 59.3 Å². The van der Waals surface area contributed by atoms with Gasteiger partial charge >= 0.3 is 0 Å². The summed E-state index contributed by atoms with van der Waals surface area (Å²) in [5, 5.41) is 5.32. The smallest absolute Gasteiger partial charge is 0 e. The fourth-order valence-electron chi connectivity index (χ4n) is 2.82. The molecule has 0 atom stereocenters. The fourth-order valence-corrected chi connectivity index (χ4v) is 2.82. The molecule has 160 valence electrons. The molecule has 0 aromatic heterocycles. The standard InChI is InChI=1S/2C9H7.2C6H5.CH3.Hf/c2*1-2-5-9-7-3-6-8(9)4-1;2*1-2-4-6-5-3-1;;/h2*1-7H;2*1-5H;1H3;/q5*-1;. The Labute approximate surface area is 211 Å². The molecule has 0 aliphatic rings. The van der Waals surface area contributed by atoms with Gasteiger partial charge in [-0.05, 0) is 0 Å². The van der Waals surface area contributed by atoms with Crippen LogP contribution in [0.2, 0.25) is 0 Å². The van der Waals surface area contributed by atoms with E-state index in [9.17, 15) is 0 Å². The van der Waals surface area contributed by atoms with Gasteiger partial charge in [-0.3, -0.25) is 0 Å². The van der Waals surface area contributed by atoms with Crippen molar-refractivity contribution in [3.63, 3.8) is 0 Å². The molecule has 0 nitrogen and oxygen atoms in total. The molecule has 0 spiro atoms. The number of benzene rings is 4. The summed E-state index contributed by atoms with van der Waals surface area (Å²) in [5.41, 5.74) is 0. The average molecular weight is 578 g/mol. The number of hydrogen-bond donors (Lipinski definition) is 0. The van der Waals surface area contributed by atoms with E-state index in [4.69, 9.17) is 0 Å². The Balaban J connectivity index is 0.000000213. The molecule has 0 aliphatic carbocycles. The molecule has 0 saturated heterocycles. The normalized spacial score (nSPS) is 8.75. The van der Waals surface area contributed by atoms with Crippen LogP contribution in [-0.2, 0) is 25.8 Å². The summed E-state index contributed by atoms with van der Waals surface area (Å²) in [5.74, 6) is 0. The third-order valence-electron chi connectivity index (χ3n) is 4.31. The largest absolute Gasteiger partial charge is 0.358 e. The Hall–Kier alpha value is -3.03. The Bertz CT molecular complexity index is 973. The van der Waals surface area contributed by atoms with Gasteiger partial charge in [-0.25, -0.2) is 0 Å². The predicted octanol–water partition coefficient (Wildman–Crippen LogP) is 8.54. The van der Waals surface area contributed by atoms with Gasteiger partial charge in [-0.1, -0.05) is 12.1 Å². The molecule has 6 aromatic carbocycles. The van der Waals surface area contributed by atoms with Gasteiger partial charge in [-0.2, -0.15) is 108 Å². The van der Waals surface area contributed by atoms with Crippen molar-refractivity contribution in [2.75, 3.05) is 0 Å². The summed E-state index contributed by atoms with van der Waals surface area (Å²) >= 11 is 0. The Morgan fingerprint density at radius 1 is 0.438 bits per heavy atom. The molecule has 6 aromatic rings. The van der Waals surface area contributed by atoms with Gasteiger partial charge in [0, 0.05) is 25.8 Å². The SMILES string of the molecule is [CH3-].[Hf].[c-]1ccccc1.[c-]1ccccc1.c1ccc2[cH-]ccc2c1.c1ccc2[cH-]ccc2c1. The summed E-state index contributed by atoms with van der Waals surface area (Å²) in [6.45, 7) is 0. The Morgan fingerprint density at radius 3 is 1.09 bits per heavy atom. The summed E-state index contributed by atoms with van der Waals surface area (Å²) < 4.78 is 0. The molecule has 0 bridgehead atoms. The third-order valence-corrected chi connectivity index (χ3v) is 4.31. The zero-order chi connectivity index (χ0) is 20.7. The van der Waals surface area contributed by atoms with Crippen LogP contribution >= 0.6 is 0 Å². The second-order valence-corrected chi connectivity index (χ2v) is 6.46. The van der Waals surface area contributed by atoms with Crippen LogP contribution in [-0.4, -0.2) is 0 Å². The zero-order valence-electron chi connectivity index (χ0n) is 18.4. The van der Waals surface area contributed by atoms with Crippen molar-refractivity contribution in [1.29, 1.82) is 0 Å². The van der Waals surface area contributed by atoms with Gasteiger partial charge in [0.15, 0.2) is 0 Å².